The van der Waals surface area contributed by atoms with Gasteiger partial charge in [0.1, 0.15) is 12.4 Å². The summed E-state index contributed by atoms with van der Waals surface area (Å²) in [6.45, 7) is 11.8. The number of benzene rings is 1. The van der Waals surface area contributed by atoms with Gasteiger partial charge in [-0.05, 0) is 41.5 Å². The SMILES string of the molecule is C=CCOc1ccccc1[Si](C)(C)C1C2=CC=CCC2CC1CC. The van der Waals surface area contributed by atoms with Crippen LogP contribution in [0.2, 0.25) is 18.6 Å². The molecule has 2 heteroatoms. The number of ether oxygens (including phenoxy) is 1. The van der Waals surface area contributed by atoms with Gasteiger partial charge < -0.3 is 4.74 Å². The van der Waals surface area contributed by atoms with Crippen molar-refractivity contribution in [3.63, 3.8) is 0 Å². The lowest BCUT2D eigenvalue weighted by molar-refractivity contribution is 0.366. The molecule has 0 heterocycles. The maximum absolute atomic E-state index is 6.02. The lowest BCUT2D eigenvalue weighted by atomic mass is 9.94. The van der Waals surface area contributed by atoms with Gasteiger partial charge in [-0.15, -0.1) is 0 Å². The monoisotopic (exact) mass is 338 g/mol. The van der Waals surface area contributed by atoms with Crippen molar-refractivity contribution in [3.8, 4) is 5.75 Å². The van der Waals surface area contributed by atoms with Gasteiger partial charge in [0.25, 0.3) is 0 Å². The Labute approximate surface area is 148 Å². The van der Waals surface area contributed by atoms with Crippen LogP contribution in [-0.2, 0) is 0 Å². The van der Waals surface area contributed by atoms with Crippen LogP contribution in [0.3, 0.4) is 0 Å². The Hall–Kier alpha value is -1.54. The zero-order valence-corrected chi connectivity index (χ0v) is 16.3. The van der Waals surface area contributed by atoms with E-state index in [2.05, 4.69) is 69.1 Å². The van der Waals surface area contributed by atoms with Crippen LogP contribution in [0.5, 0.6) is 5.75 Å². The van der Waals surface area contributed by atoms with Gasteiger partial charge in [0.2, 0.25) is 0 Å². The highest BCUT2D eigenvalue weighted by molar-refractivity contribution is 6.92. The molecule has 2 aliphatic carbocycles. The molecule has 1 saturated carbocycles. The van der Waals surface area contributed by atoms with Crippen LogP contribution in [0.15, 0.2) is 60.7 Å². The van der Waals surface area contributed by atoms with Gasteiger partial charge in [0.15, 0.2) is 0 Å². The van der Waals surface area contributed by atoms with Crippen LogP contribution in [0.25, 0.3) is 0 Å². The number of hydrogen-bond acceptors (Lipinski definition) is 1. The Morgan fingerprint density at radius 3 is 2.83 bits per heavy atom. The normalized spacial score (nSPS) is 26.0. The first-order chi connectivity index (χ1) is 11.6. The number of para-hydroxylation sites is 1. The van der Waals surface area contributed by atoms with Gasteiger partial charge in [0, 0.05) is 0 Å². The Bertz CT molecular complexity index is 656. The number of hydrogen-bond donors (Lipinski definition) is 0. The largest absolute Gasteiger partial charge is 0.490 e. The van der Waals surface area contributed by atoms with E-state index in [0.29, 0.717) is 6.61 Å². The van der Waals surface area contributed by atoms with E-state index in [0.717, 1.165) is 23.1 Å². The molecule has 0 N–H and O–H groups in total. The maximum Gasteiger partial charge on any atom is 0.119 e. The van der Waals surface area contributed by atoms with E-state index in [1.165, 1.54) is 24.4 Å². The van der Waals surface area contributed by atoms with E-state index in [4.69, 9.17) is 4.74 Å². The van der Waals surface area contributed by atoms with Crippen LogP contribution in [-0.4, -0.2) is 14.7 Å². The van der Waals surface area contributed by atoms with Crippen LogP contribution in [0.1, 0.15) is 26.2 Å². The third-order valence-electron chi connectivity index (χ3n) is 5.97. The second-order valence-electron chi connectivity index (χ2n) is 7.73. The third kappa shape index (κ3) is 3.04. The number of rotatable bonds is 6. The molecule has 3 unspecified atom stereocenters. The van der Waals surface area contributed by atoms with Crippen molar-refractivity contribution in [1.82, 2.24) is 0 Å². The van der Waals surface area contributed by atoms with Gasteiger partial charge in [-0.2, -0.15) is 0 Å². The molecule has 3 rings (SSSR count). The average Bonchev–Trinajstić information content (AvgIpc) is 2.99. The Kier molecular flexibility index (Phi) is 5.14. The molecule has 1 aromatic rings. The van der Waals surface area contributed by atoms with Crippen LogP contribution in [0, 0.1) is 11.8 Å². The summed E-state index contributed by atoms with van der Waals surface area (Å²) in [5, 5.41) is 1.46. The molecule has 1 aromatic carbocycles. The van der Waals surface area contributed by atoms with Crippen LogP contribution < -0.4 is 9.92 Å². The standard InChI is InChI=1S/C22H30OSi/c1-5-15-23-20-13-9-10-14-21(20)24(3,4)22-17(6-2)16-18-11-7-8-12-19(18)22/h5,7-10,12-14,17-18,22H,1,6,11,15-16H2,2-4H3. The summed E-state index contributed by atoms with van der Waals surface area (Å²) >= 11 is 0. The van der Waals surface area contributed by atoms with Crippen LogP contribution in [0.4, 0.5) is 0 Å². The topological polar surface area (TPSA) is 9.23 Å². The van der Waals surface area contributed by atoms with Gasteiger partial charge in [-0.3, -0.25) is 0 Å². The van der Waals surface area contributed by atoms with Crippen molar-refractivity contribution in [2.45, 2.75) is 44.8 Å². The molecule has 0 saturated heterocycles. The Morgan fingerprint density at radius 1 is 1.29 bits per heavy atom. The fourth-order valence-electron chi connectivity index (χ4n) is 4.91. The summed E-state index contributed by atoms with van der Waals surface area (Å²) in [5.41, 5.74) is 2.45. The molecular weight excluding hydrogens is 308 g/mol. The van der Waals surface area contributed by atoms with Crippen molar-refractivity contribution in [3.05, 3.63) is 60.7 Å². The van der Waals surface area contributed by atoms with Crippen LogP contribution >= 0.6 is 0 Å². The molecule has 0 amide bonds. The number of fused-ring (bicyclic) bond motifs is 1. The predicted octanol–water partition coefficient (Wildman–Crippen LogP) is 5.47. The van der Waals surface area contributed by atoms with E-state index >= 15 is 0 Å². The average molecular weight is 339 g/mol. The number of allylic oxidation sites excluding steroid dienone is 4. The van der Waals surface area contributed by atoms with Crippen molar-refractivity contribution >= 4 is 13.3 Å². The summed E-state index contributed by atoms with van der Waals surface area (Å²) in [4.78, 5) is 0. The smallest absolute Gasteiger partial charge is 0.119 e. The van der Waals surface area contributed by atoms with Crippen molar-refractivity contribution in [2.24, 2.45) is 11.8 Å². The molecular formula is C22H30OSi. The third-order valence-corrected chi connectivity index (χ3v) is 10.1. The van der Waals surface area contributed by atoms with Gasteiger partial charge >= 0.3 is 0 Å². The van der Waals surface area contributed by atoms with E-state index in [1.54, 1.807) is 5.57 Å². The predicted molar refractivity (Wildman–Crippen MR) is 107 cm³/mol. The maximum atomic E-state index is 6.02. The Balaban J connectivity index is 2.01. The zero-order chi connectivity index (χ0) is 17.2. The molecule has 128 valence electrons. The summed E-state index contributed by atoms with van der Waals surface area (Å²) in [5.74, 6) is 2.66. The molecule has 24 heavy (non-hydrogen) atoms. The van der Waals surface area contributed by atoms with E-state index in [9.17, 15) is 0 Å². The first-order valence-electron chi connectivity index (χ1n) is 9.29. The van der Waals surface area contributed by atoms with E-state index < -0.39 is 8.07 Å². The summed E-state index contributed by atoms with van der Waals surface area (Å²) in [6.07, 6.45) is 12.8. The summed E-state index contributed by atoms with van der Waals surface area (Å²) < 4.78 is 6.02. The molecule has 0 aliphatic heterocycles. The summed E-state index contributed by atoms with van der Waals surface area (Å²) in [7, 11) is -1.69. The molecule has 0 aromatic heterocycles. The lowest BCUT2D eigenvalue weighted by Gasteiger charge is -2.37. The molecule has 0 radical (unpaired) electrons. The first kappa shape index (κ1) is 17.3. The highest BCUT2D eigenvalue weighted by Crippen LogP contribution is 2.54. The fraction of sp³-hybridized carbons (Fsp3) is 0.455. The fourth-order valence-corrected chi connectivity index (χ4v) is 9.27. The first-order valence-corrected chi connectivity index (χ1v) is 12.4. The molecule has 2 aliphatic rings. The van der Waals surface area contributed by atoms with Gasteiger partial charge in [0.05, 0.1) is 8.07 Å². The van der Waals surface area contributed by atoms with Crippen molar-refractivity contribution in [2.75, 3.05) is 6.61 Å². The highest BCUT2D eigenvalue weighted by Gasteiger charge is 2.48. The van der Waals surface area contributed by atoms with Crippen molar-refractivity contribution in [1.29, 1.82) is 0 Å². The lowest BCUT2D eigenvalue weighted by Crippen LogP contribution is -2.48. The minimum Gasteiger partial charge on any atom is -0.490 e. The Morgan fingerprint density at radius 2 is 2.08 bits per heavy atom. The molecule has 0 bridgehead atoms. The minimum absolute atomic E-state index is 0.581. The zero-order valence-electron chi connectivity index (χ0n) is 15.3. The molecule has 1 nitrogen and oxygen atoms in total. The second-order valence-corrected chi connectivity index (χ2v) is 12.3. The molecule has 3 atom stereocenters. The highest BCUT2D eigenvalue weighted by atomic mass is 28.3. The van der Waals surface area contributed by atoms with E-state index in [1.807, 2.05) is 6.08 Å². The summed E-state index contributed by atoms with van der Waals surface area (Å²) in [6, 6.07) is 8.71. The quantitative estimate of drug-likeness (QED) is 0.494. The van der Waals surface area contributed by atoms with Crippen molar-refractivity contribution < 1.29 is 4.74 Å². The van der Waals surface area contributed by atoms with E-state index in [-0.39, 0.29) is 0 Å². The second kappa shape index (κ2) is 7.14. The molecule has 1 fully saturated rings. The molecule has 0 spiro atoms. The minimum atomic E-state index is -1.69. The van der Waals surface area contributed by atoms with Gasteiger partial charge in [-0.1, -0.05) is 81.1 Å². The van der Waals surface area contributed by atoms with Gasteiger partial charge in [-0.25, -0.2) is 0 Å².